The highest BCUT2D eigenvalue weighted by Crippen LogP contribution is 2.34. The molecular weight excluding hydrogens is 504 g/mol. The van der Waals surface area contributed by atoms with Crippen LogP contribution in [0.1, 0.15) is 32.7 Å². The fourth-order valence-corrected chi connectivity index (χ4v) is 4.49. The Bertz CT molecular complexity index is 1580. The summed E-state index contributed by atoms with van der Waals surface area (Å²) in [5.74, 6) is 5.38. The lowest BCUT2D eigenvalue weighted by atomic mass is 9.95. The van der Waals surface area contributed by atoms with Crippen LogP contribution in [0, 0.1) is 11.8 Å². The van der Waals surface area contributed by atoms with Crippen LogP contribution in [0.15, 0.2) is 54.9 Å². The van der Waals surface area contributed by atoms with Gasteiger partial charge in [-0.05, 0) is 42.8 Å². The van der Waals surface area contributed by atoms with Gasteiger partial charge in [0.25, 0.3) is 5.91 Å². The molecule has 5 rings (SSSR count). The molecule has 1 saturated heterocycles. The minimum atomic E-state index is -4.55. The number of carbonyl (C=O) groups excluding carboxylic acids is 1. The molecule has 2 N–H and O–H groups in total. The highest BCUT2D eigenvalue weighted by molar-refractivity contribution is 6.33. The minimum absolute atomic E-state index is 0.0595. The molecule has 0 spiro atoms. The van der Waals surface area contributed by atoms with Crippen LogP contribution < -0.4 is 10.8 Å². The predicted molar refractivity (Wildman–Crippen MR) is 147 cm³/mol. The number of piperazine rings is 1. The number of nitrogens with one attached hydrogen (secondary N) is 2. The van der Waals surface area contributed by atoms with Gasteiger partial charge in [-0.2, -0.15) is 18.3 Å². The van der Waals surface area contributed by atoms with Crippen molar-refractivity contribution in [2.24, 2.45) is 0 Å². The van der Waals surface area contributed by atoms with E-state index in [4.69, 9.17) is 0 Å². The minimum Gasteiger partial charge on any atom is -0.322 e. The molecule has 1 fully saturated rings. The third kappa shape index (κ3) is 6.30. The molecule has 0 unspecified atom stereocenters. The number of benzene rings is 2. The lowest BCUT2D eigenvalue weighted by Gasteiger charge is -2.33. The van der Waals surface area contributed by atoms with Crippen LogP contribution in [0.4, 0.5) is 18.9 Å². The molecule has 39 heavy (non-hydrogen) atoms. The number of aromatic nitrogens is 3. The summed E-state index contributed by atoms with van der Waals surface area (Å²) in [5.41, 5.74) is 2.66. The number of fused-ring (bicyclic) bond motifs is 1. The molecule has 7 nitrogen and oxygen atoms in total. The number of hydrogen-bond acceptors (Lipinski definition) is 5. The van der Waals surface area contributed by atoms with Gasteiger partial charge in [0.05, 0.1) is 16.6 Å². The van der Waals surface area contributed by atoms with Crippen LogP contribution in [0.3, 0.4) is 0 Å². The Morgan fingerprint density at radius 2 is 1.87 bits per heavy atom. The zero-order chi connectivity index (χ0) is 27.6. The Morgan fingerprint density at radius 3 is 2.64 bits per heavy atom. The van der Waals surface area contributed by atoms with Crippen molar-refractivity contribution in [3.8, 4) is 11.8 Å². The lowest BCUT2D eigenvalue weighted by molar-refractivity contribution is -0.138. The number of amides is 1. The van der Waals surface area contributed by atoms with Crippen molar-refractivity contribution in [1.82, 2.24) is 25.0 Å². The van der Waals surface area contributed by atoms with Crippen LogP contribution in [-0.4, -0.2) is 72.0 Å². The van der Waals surface area contributed by atoms with Crippen LogP contribution in [0.2, 0.25) is 0 Å². The number of nitrogens with zero attached hydrogens (tertiary/aromatic N) is 4. The van der Waals surface area contributed by atoms with Crippen LogP contribution in [0.5, 0.6) is 0 Å². The van der Waals surface area contributed by atoms with Crippen molar-refractivity contribution in [1.29, 1.82) is 0 Å². The van der Waals surface area contributed by atoms with Gasteiger partial charge in [0.15, 0.2) is 0 Å². The molecule has 0 aliphatic carbocycles. The number of H-pyrrole nitrogens is 1. The monoisotopic (exact) mass is 530 g/mol. The van der Waals surface area contributed by atoms with E-state index in [-0.39, 0.29) is 23.4 Å². The van der Waals surface area contributed by atoms with Crippen LogP contribution >= 0.6 is 0 Å². The van der Waals surface area contributed by atoms with Crippen molar-refractivity contribution < 1.29 is 18.0 Å². The van der Waals surface area contributed by atoms with E-state index < -0.39 is 17.6 Å². The molecule has 1 aliphatic heterocycles. The highest BCUT2D eigenvalue weighted by Gasteiger charge is 2.34. The molecule has 1 amide bonds. The van der Waals surface area contributed by atoms with Crippen LogP contribution in [0.25, 0.3) is 10.9 Å². The van der Waals surface area contributed by atoms with E-state index in [0.29, 0.717) is 24.3 Å². The van der Waals surface area contributed by atoms with E-state index in [1.165, 1.54) is 24.5 Å². The summed E-state index contributed by atoms with van der Waals surface area (Å²) in [6.45, 7) is 3.23. The summed E-state index contributed by atoms with van der Waals surface area (Å²) in [5, 5.41) is 10.6. The molecule has 198 valence electrons. The van der Waals surface area contributed by atoms with Crippen molar-refractivity contribution in [2.45, 2.75) is 12.7 Å². The Morgan fingerprint density at radius 1 is 1.08 bits per heavy atom. The number of rotatable bonds is 4. The van der Waals surface area contributed by atoms with E-state index >= 15 is 0 Å². The van der Waals surface area contributed by atoms with E-state index in [1.54, 1.807) is 6.07 Å². The molecule has 0 bridgehead atoms. The maximum atomic E-state index is 13.9. The summed E-state index contributed by atoms with van der Waals surface area (Å²) >= 11 is 0. The molecule has 0 atom stereocenters. The maximum Gasteiger partial charge on any atom is 0.416 e. The number of likely N-dealkylation sites (N-methyl/N-ethyl adjacent to an activating group) is 1. The second-order valence-corrected chi connectivity index (χ2v) is 9.74. The fourth-order valence-electron chi connectivity index (χ4n) is 4.49. The molecule has 0 radical (unpaired) electrons. The number of aromatic amines is 1. The average molecular weight is 530 g/mol. The SMILES string of the molecule is Bc1ccc2[nH]nc(C#Cc3cncc(C(=O)Nc4ccc(CN5CCN(C)CC5)c(C(F)(F)F)c4)c3)c2c1. The lowest BCUT2D eigenvalue weighted by Crippen LogP contribution is -2.44. The zero-order valence-corrected chi connectivity index (χ0v) is 21.6. The standard InChI is InChI=1S/C28H26BF3N6O/c1-37-8-10-38(11-9-37)17-19-3-5-22(14-24(19)28(30,31)32)34-27(39)20-12-18(15-33-16-20)2-6-25-23-13-21(29)4-7-26(23)36-35-25/h3-5,7,12-16H,8-11,17,29H2,1H3,(H,34,39)(H,35,36). The van der Waals surface area contributed by atoms with Gasteiger partial charge in [-0.25, -0.2) is 0 Å². The van der Waals surface area contributed by atoms with Gasteiger partial charge in [-0.1, -0.05) is 29.6 Å². The highest BCUT2D eigenvalue weighted by atomic mass is 19.4. The van der Waals surface area contributed by atoms with Gasteiger partial charge < -0.3 is 10.2 Å². The Hall–Kier alpha value is -4.14. The summed E-state index contributed by atoms with van der Waals surface area (Å²) in [4.78, 5) is 21.1. The van der Waals surface area contributed by atoms with E-state index in [9.17, 15) is 18.0 Å². The summed E-state index contributed by atoms with van der Waals surface area (Å²) in [6, 6.07) is 11.4. The van der Waals surface area contributed by atoms with Gasteiger partial charge in [-0.3, -0.25) is 19.8 Å². The number of pyridine rings is 1. The molecular formula is C28H26BF3N6O. The summed E-state index contributed by atoms with van der Waals surface area (Å²) in [7, 11) is 3.98. The van der Waals surface area contributed by atoms with Gasteiger partial charge >= 0.3 is 6.18 Å². The normalized spacial score (nSPS) is 14.7. The second-order valence-electron chi connectivity index (χ2n) is 9.74. The maximum absolute atomic E-state index is 13.9. The smallest absolute Gasteiger partial charge is 0.322 e. The van der Waals surface area contributed by atoms with Gasteiger partial charge in [-0.15, -0.1) is 0 Å². The first-order valence-electron chi connectivity index (χ1n) is 12.5. The molecule has 2 aromatic heterocycles. The molecule has 3 heterocycles. The molecule has 4 aromatic rings. The largest absolute Gasteiger partial charge is 0.416 e. The zero-order valence-electron chi connectivity index (χ0n) is 21.6. The molecule has 0 saturated carbocycles. The predicted octanol–water partition coefficient (Wildman–Crippen LogP) is 2.63. The topological polar surface area (TPSA) is 77.1 Å². The van der Waals surface area contributed by atoms with Gasteiger partial charge in [0, 0.05) is 61.8 Å². The van der Waals surface area contributed by atoms with E-state index in [1.807, 2.05) is 38.0 Å². The average Bonchev–Trinajstić information content (AvgIpc) is 3.31. The number of hydrogen-bond donors (Lipinski definition) is 2. The fraction of sp³-hybridized carbons (Fsp3) is 0.250. The third-order valence-corrected chi connectivity index (χ3v) is 6.71. The van der Waals surface area contributed by atoms with E-state index in [2.05, 4.69) is 37.2 Å². The third-order valence-electron chi connectivity index (χ3n) is 6.71. The number of anilines is 1. The number of carbonyl (C=O) groups is 1. The quantitative estimate of drug-likeness (QED) is 0.314. The molecule has 11 heteroatoms. The second kappa shape index (κ2) is 10.9. The van der Waals surface area contributed by atoms with E-state index in [0.717, 1.165) is 35.5 Å². The Balaban J connectivity index is 1.33. The number of halogens is 3. The van der Waals surface area contributed by atoms with Gasteiger partial charge in [0.2, 0.25) is 0 Å². The molecule has 2 aromatic carbocycles. The van der Waals surface area contributed by atoms with Crippen molar-refractivity contribution in [3.05, 3.63) is 82.8 Å². The first-order valence-corrected chi connectivity index (χ1v) is 12.5. The van der Waals surface area contributed by atoms with Crippen molar-refractivity contribution >= 4 is 35.8 Å². The first kappa shape index (κ1) is 26.5. The summed E-state index contributed by atoms with van der Waals surface area (Å²) in [6.07, 6.45) is -1.69. The Labute approximate surface area is 224 Å². The number of alkyl halides is 3. The van der Waals surface area contributed by atoms with Crippen LogP contribution in [-0.2, 0) is 12.7 Å². The summed E-state index contributed by atoms with van der Waals surface area (Å²) < 4.78 is 41.7. The van der Waals surface area contributed by atoms with Crippen molar-refractivity contribution in [3.63, 3.8) is 0 Å². The molecule has 1 aliphatic rings. The Kier molecular flexibility index (Phi) is 7.41. The van der Waals surface area contributed by atoms with Crippen molar-refractivity contribution in [2.75, 3.05) is 38.5 Å². The first-order chi connectivity index (χ1) is 18.7. The van der Waals surface area contributed by atoms with Gasteiger partial charge in [0.1, 0.15) is 13.5 Å².